The predicted molar refractivity (Wildman–Crippen MR) is 102 cm³/mol. The van der Waals surface area contributed by atoms with Gasteiger partial charge < -0.3 is 9.47 Å². The average molecular weight is 342 g/mol. The third kappa shape index (κ3) is 3.49. The Kier molecular flexibility index (Phi) is 4.48. The molecular weight excluding hydrogens is 324 g/mol. The van der Waals surface area contributed by atoms with E-state index < -0.39 is 0 Å². The molecule has 0 saturated heterocycles. The largest absolute Gasteiger partial charge is 0.485 e. The highest BCUT2D eigenvalue weighted by Crippen LogP contribution is 2.32. The molecule has 0 aliphatic heterocycles. The normalized spacial score (nSPS) is 10.7. The molecule has 1 heterocycles. The summed E-state index contributed by atoms with van der Waals surface area (Å²) in [6.07, 6.45) is 0. The molecule has 26 heavy (non-hydrogen) atoms. The van der Waals surface area contributed by atoms with Crippen molar-refractivity contribution in [2.24, 2.45) is 0 Å². The third-order valence-electron chi connectivity index (χ3n) is 3.99. The van der Waals surface area contributed by atoms with Crippen LogP contribution in [0.25, 0.3) is 11.0 Å². The van der Waals surface area contributed by atoms with E-state index in [1.807, 2.05) is 85.8 Å². The van der Waals surface area contributed by atoms with Gasteiger partial charge >= 0.3 is 0 Å². The van der Waals surface area contributed by atoms with E-state index in [9.17, 15) is 0 Å². The molecular formula is C22H18N2O2. The molecule has 4 nitrogen and oxygen atoms in total. The molecule has 0 bridgehead atoms. The van der Waals surface area contributed by atoms with Gasteiger partial charge in [-0.3, -0.25) is 0 Å². The van der Waals surface area contributed by atoms with E-state index in [-0.39, 0.29) is 0 Å². The smallest absolute Gasteiger partial charge is 0.241 e. The van der Waals surface area contributed by atoms with Gasteiger partial charge in [-0.15, -0.1) is 0 Å². The molecule has 0 aliphatic carbocycles. The summed E-state index contributed by atoms with van der Waals surface area (Å²) >= 11 is 0. The van der Waals surface area contributed by atoms with Gasteiger partial charge in [0.1, 0.15) is 12.3 Å². The minimum atomic E-state index is 0.476. The molecule has 4 aromatic rings. The summed E-state index contributed by atoms with van der Waals surface area (Å²) in [6.45, 7) is 2.37. The lowest BCUT2D eigenvalue weighted by Gasteiger charge is -2.13. The van der Waals surface area contributed by atoms with Crippen molar-refractivity contribution in [3.63, 3.8) is 0 Å². The van der Waals surface area contributed by atoms with Crippen LogP contribution in [-0.2, 0) is 6.61 Å². The standard InChI is InChI=1S/C22H18N2O2/c1-16-22(24-19-12-6-5-11-18(19)23-16)26-21-14-8-7-13-20(21)25-15-17-9-3-2-4-10-17/h2-14H,15H2,1H3. The quantitative estimate of drug-likeness (QED) is 0.493. The summed E-state index contributed by atoms with van der Waals surface area (Å²) in [5, 5.41) is 0. The van der Waals surface area contributed by atoms with Crippen molar-refractivity contribution in [2.45, 2.75) is 13.5 Å². The number of aromatic nitrogens is 2. The molecule has 0 amide bonds. The van der Waals surface area contributed by atoms with E-state index in [4.69, 9.17) is 9.47 Å². The Labute approximate surface area is 152 Å². The van der Waals surface area contributed by atoms with Crippen LogP contribution in [0.4, 0.5) is 0 Å². The van der Waals surface area contributed by atoms with Crippen molar-refractivity contribution in [3.8, 4) is 17.4 Å². The Hall–Kier alpha value is -3.40. The molecule has 0 spiro atoms. The van der Waals surface area contributed by atoms with Gasteiger partial charge in [0.15, 0.2) is 11.5 Å². The maximum atomic E-state index is 6.04. The predicted octanol–water partition coefficient (Wildman–Crippen LogP) is 5.31. The van der Waals surface area contributed by atoms with E-state index in [0.717, 1.165) is 22.3 Å². The Morgan fingerprint density at radius 3 is 2.08 bits per heavy atom. The van der Waals surface area contributed by atoms with Crippen molar-refractivity contribution in [3.05, 3.63) is 90.1 Å². The molecule has 4 rings (SSSR count). The highest BCUT2D eigenvalue weighted by molar-refractivity contribution is 5.74. The van der Waals surface area contributed by atoms with Crippen LogP contribution in [0, 0.1) is 6.92 Å². The van der Waals surface area contributed by atoms with Gasteiger partial charge in [0, 0.05) is 0 Å². The minimum Gasteiger partial charge on any atom is -0.485 e. The lowest BCUT2D eigenvalue weighted by molar-refractivity contribution is 0.290. The first-order valence-electron chi connectivity index (χ1n) is 8.46. The molecule has 0 fully saturated rings. The summed E-state index contributed by atoms with van der Waals surface area (Å²) in [7, 11) is 0. The lowest BCUT2D eigenvalue weighted by atomic mass is 10.2. The van der Waals surface area contributed by atoms with Crippen LogP contribution in [0.3, 0.4) is 0 Å². The summed E-state index contributed by atoms with van der Waals surface area (Å²) < 4.78 is 12.0. The number of para-hydroxylation sites is 4. The monoisotopic (exact) mass is 342 g/mol. The number of nitrogens with zero attached hydrogens (tertiary/aromatic N) is 2. The zero-order valence-electron chi connectivity index (χ0n) is 14.4. The van der Waals surface area contributed by atoms with Gasteiger partial charge in [0.2, 0.25) is 5.88 Å². The van der Waals surface area contributed by atoms with Gasteiger partial charge in [-0.25, -0.2) is 9.97 Å². The molecule has 3 aromatic carbocycles. The zero-order valence-corrected chi connectivity index (χ0v) is 14.4. The van der Waals surface area contributed by atoms with E-state index in [1.54, 1.807) is 0 Å². The van der Waals surface area contributed by atoms with Crippen LogP contribution < -0.4 is 9.47 Å². The number of hydrogen-bond donors (Lipinski definition) is 0. The van der Waals surface area contributed by atoms with Crippen LogP contribution in [-0.4, -0.2) is 9.97 Å². The van der Waals surface area contributed by atoms with Crippen molar-refractivity contribution in [1.82, 2.24) is 9.97 Å². The fourth-order valence-electron chi connectivity index (χ4n) is 2.66. The zero-order chi connectivity index (χ0) is 17.8. The second-order valence-electron chi connectivity index (χ2n) is 5.93. The molecule has 4 heteroatoms. The van der Waals surface area contributed by atoms with E-state index in [0.29, 0.717) is 24.0 Å². The van der Waals surface area contributed by atoms with Crippen LogP contribution in [0.1, 0.15) is 11.3 Å². The number of ether oxygens (including phenoxy) is 2. The molecule has 0 radical (unpaired) electrons. The Bertz CT molecular complexity index is 1030. The summed E-state index contributed by atoms with van der Waals surface area (Å²) in [5.41, 5.74) is 3.49. The third-order valence-corrected chi connectivity index (χ3v) is 3.99. The SMILES string of the molecule is Cc1nc2ccccc2nc1Oc1ccccc1OCc1ccccc1. The van der Waals surface area contributed by atoms with E-state index in [1.165, 1.54) is 0 Å². The number of hydrogen-bond acceptors (Lipinski definition) is 4. The first-order chi connectivity index (χ1) is 12.8. The number of rotatable bonds is 5. The van der Waals surface area contributed by atoms with Crippen LogP contribution in [0.5, 0.6) is 17.4 Å². The summed E-state index contributed by atoms with van der Waals surface area (Å²) in [6, 6.07) is 25.4. The highest BCUT2D eigenvalue weighted by Gasteiger charge is 2.11. The van der Waals surface area contributed by atoms with Crippen molar-refractivity contribution in [2.75, 3.05) is 0 Å². The molecule has 0 N–H and O–H groups in total. The van der Waals surface area contributed by atoms with E-state index >= 15 is 0 Å². The van der Waals surface area contributed by atoms with Gasteiger partial charge in [0.25, 0.3) is 0 Å². The topological polar surface area (TPSA) is 44.2 Å². The van der Waals surface area contributed by atoms with Crippen molar-refractivity contribution in [1.29, 1.82) is 0 Å². The number of aryl methyl sites for hydroxylation is 1. The van der Waals surface area contributed by atoms with Gasteiger partial charge in [-0.1, -0.05) is 54.6 Å². The minimum absolute atomic E-state index is 0.476. The van der Waals surface area contributed by atoms with Gasteiger partial charge in [-0.05, 0) is 36.8 Å². The molecule has 128 valence electrons. The Morgan fingerprint density at radius 2 is 1.31 bits per heavy atom. The molecule has 0 saturated carbocycles. The second kappa shape index (κ2) is 7.23. The van der Waals surface area contributed by atoms with Crippen LogP contribution in [0.2, 0.25) is 0 Å². The molecule has 1 aromatic heterocycles. The highest BCUT2D eigenvalue weighted by atomic mass is 16.5. The van der Waals surface area contributed by atoms with Crippen LogP contribution in [0.15, 0.2) is 78.9 Å². The number of fused-ring (bicyclic) bond motifs is 1. The van der Waals surface area contributed by atoms with Crippen molar-refractivity contribution >= 4 is 11.0 Å². The molecule has 0 unspecified atom stereocenters. The van der Waals surface area contributed by atoms with Crippen molar-refractivity contribution < 1.29 is 9.47 Å². The van der Waals surface area contributed by atoms with Gasteiger partial charge in [-0.2, -0.15) is 0 Å². The second-order valence-corrected chi connectivity index (χ2v) is 5.93. The fourth-order valence-corrected chi connectivity index (χ4v) is 2.66. The number of benzene rings is 3. The average Bonchev–Trinajstić information content (AvgIpc) is 2.69. The fraction of sp³-hybridized carbons (Fsp3) is 0.0909. The van der Waals surface area contributed by atoms with Crippen LogP contribution >= 0.6 is 0 Å². The van der Waals surface area contributed by atoms with E-state index in [2.05, 4.69) is 9.97 Å². The Morgan fingerprint density at radius 1 is 0.692 bits per heavy atom. The summed E-state index contributed by atoms with van der Waals surface area (Å²) in [4.78, 5) is 9.16. The lowest BCUT2D eigenvalue weighted by Crippen LogP contribution is -1.99. The maximum Gasteiger partial charge on any atom is 0.241 e. The Balaban J connectivity index is 1.60. The molecule has 0 aliphatic rings. The van der Waals surface area contributed by atoms with Gasteiger partial charge in [0.05, 0.1) is 11.0 Å². The summed E-state index contributed by atoms with van der Waals surface area (Å²) in [5.74, 6) is 1.78. The maximum absolute atomic E-state index is 6.04. The first kappa shape index (κ1) is 16.1. The first-order valence-corrected chi connectivity index (χ1v) is 8.46. The molecule has 0 atom stereocenters.